The van der Waals surface area contributed by atoms with E-state index in [4.69, 9.17) is 18.1 Å². The summed E-state index contributed by atoms with van der Waals surface area (Å²) < 4.78 is 52.3. The third kappa shape index (κ3) is 7.44. The van der Waals surface area contributed by atoms with Crippen molar-refractivity contribution >= 4 is 15.2 Å². The minimum Gasteiger partial charge on any atom is -0.307 e. The van der Waals surface area contributed by atoms with Crippen LogP contribution in [-0.4, -0.2) is 26.4 Å². The molecule has 1 spiro atoms. The van der Waals surface area contributed by atoms with Crippen LogP contribution in [-0.2, 0) is 50.4 Å². The molecule has 4 aromatic carbocycles. The van der Waals surface area contributed by atoms with Crippen molar-refractivity contribution in [2.75, 3.05) is 26.4 Å². The summed E-state index contributed by atoms with van der Waals surface area (Å²) in [6, 6.07) is 32.8. The molecular weight excluding hydrogens is 626 g/mol. The van der Waals surface area contributed by atoms with Crippen molar-refractivity contribution in [3.05, 3.63) is 119 Å². The van der Waals surface area contributed by atoms with Gasteiger partial charge in [0.25, 0.3) is 0 Å². The molecule has 4 aromatic rings. The molecule has 0 amide bonds. The van der Waals surface area contributed by atoms with Crippen LogP contribution in [0.25, 0.3) is 22.3 Å². The molecule has 0 unspecified atom stereocenters. The Morgan fingerprint density at radius 3 is 1.17 bits per heavy atom. The van der Waals surface area contributed by atoms with Gasteiger partial charge in [-0.25, -0.2) is 0 Å². The molecule has 6 nitrogen and oxygen atoms in total. The van der Waals surface area contributed by atoms with Gasteiger partial charge in [0.15, 0.2) is 0 Å². The highest BCUT2D eigenvalue weighted by atomic mass is 31.2. The molecule has 0 atom stereocenters. The van der Waals surface area contributed by atoms with Crippen molar-refractivity contribution < 1.29 is 27.2 Å². The van der Waals surface area contributed by atoms with E-state index in [1.54, 1.807) is 0 Å². The first kappa shape index (κ1) is 34.1. The second-order valence-electron chi connectivity index (χ2n) is 15.0. The van der Waals surface area contributed by atoms with E-state index in [1.807, 2.05) is 60.7 Å². The normalized spacial score (nSPS) is 25.1. The third-order valence-corrected chi connectivity index (χ3v) is 12.5. The third-order valence-electron chi connectivity index (χ3n) is 8.97. The lowest BCUT2D eigenvalue weighted by Crippen LogP contribution is -2.45. The highest BCUT2D eigenvalue weighted by Gasteiger charge is 2.49. The zero-order valence-corrected chi connectivity index (χ0v) is 30.1. The largest absolute Gasteiger partial charge is 0.335 e. The van der Waals surface area contributed by atoms with Gasteiger partial charge >= 0.3 is 15.2 Å². The predicted molar refractivity (Wildman–Crippen MR) is 190 cm³/mol. The maximum Gasteiger partial charge on any atom is 0.335 e. The SMILES string of the molecule is CC(C)(C)c1c(CP2(=O)OCC3(CO2)COP(=O)(Cc2cccc(-c4ccccc4)c2C(C)(C)C)OC3)cccc1-c1ccccc1. The average Bonchev–Trinajstić information content (AvgIpc) is 3.04. The summed E-state index contributed by atoms with van der Waals surface area (Å²) in [5, 5.41) is 0. The van der Waals surface area contributed by atoms with Crippen LogP contribution in [0, 0.1) is 5.41 Å². The Bertz CT molecular complexity index is 1660. The van der Waals surface area contributed by atoms with Crippen LogP contribution < -0.4 is 0 Å². The van der Waals surface area contributed by atoms with Crippen LogP contribution in [0.1, 0.15) is 63.8 Å². The first-order valence-corrected chi connectivity index (χ1v) is 19.8. The highest BCUT2D eigenvalue weighted by molar-refractivity contribution is 7.53. The molecule has 2 fully saturated rings. The number of hydrogen-bond acceptors (Lipinski definition) is 6. The lowest BCUT2D eigenvalue weighted by Gasteiger charge is -2.43. The van der Waals surface area contributed by atoms with Crippen LogP contribution >= 0.6 is 15.2 Å². The molecule has 2 aliphatic rings. The minimum atomic E-state index is -3.46. The van der Waals surface area contributed by atoms with Gasteiger partial charge < -0.3 is 18.1 Å². The molecule has 0 N–H and O–H groups in total. The molecule has 0 saturated carbocycles. The molecule has 2 aliphatic heterocycles. The van der Waals surface area contributed by atoms with E-state index in [-0.39, 0.29) is 49.6 Å². The van der Waals surface area contributed by atoms with Crippen molar-refractivity contribution in [2.45, 2.75) is 64.7 Å². The summed E-state index contributed by atoms with van der Waals surface area (Å²) in [4.78, 5) is 0. The Hall–Kier alpha value is -2.82. The summed E-state index contributed by atoms with van der Waals surface area (Å²) >= 11 is 0. The second kappa shape index (κ2) is 12.9. The van der Waals surface area contributed by atoms with Gasteiger partial charge in [-0.15, -0.1) is 0 Å². The minimum absolute atomic E-state index is 0.143. The smallest absolute Gasteiger partial charge is 0.307 e. The lowest BCUT2D eigenvalue weighted by molar-refractivity contribution is -0.0690. The van der Waals surface area contributed by atoms with E-state index in [0.717, 1.165) is 44.5 Å². The quantitative estimate of drug-likeness (QED) is 0.190. The number of hydrogen-bond donors (Lipinski definition) is 0. The van der Waals surface area contributed by atoms with E-state index >= 15 is 0 Å². The van der Waals surface area contributed by atoms with Crippen molar-refractivity contribution in [1.82, 2.24) is 0 Å². The van der Waals surface area contributed by atoms with Crippen LogP contribution in [0.15, 0.2) is 97.1 Å². The molecule has 47 heavy (non-hydrogen) atoms. The van der Waals surface area contributed by atoms with Gasteiger partial charge in [0.1, 0.15) is 0 Å². The lowest BCUT2D eigenvalue weighted by atomic mass is 9.79. The van der Waals surface area contributed by atoms with E-state index in [1.165, 1.54) is 0 Å². The Kier molecular flexibility index (Phi) is 9.35. The molecular formula is C39H46O6P2. The van der Waals surface area contributed by atoms with Crippen LogP contribution in [0.3, 0.4) is 0 Å². The average molecular weight is 673 g/mol. The first-order valence-electron chi connectivity index (χ1n) is 16.3. The summed E-state index contributed by atoms with van der Waals surface area (Å²) in [5.41, 5.74) is 7.55. The molecule has 8 heteroatoms. The fourth-order valence-corrected chi connectivity index (χ4v) is 10.6. The van der Waals surface area contributed by atoms with Gasteiger partial charge in [0, 0.05) is 0 Å². The van der Waals surface area contributed by atoms with Crippen molar-refractivity contribution in [3.8, 4) is 22.3 Å². The summed E-state index contributed by atoms with van der Waals surface area (Å²) in [6.45, 7) is 13.6. The second-order valence-corrected chi connectivity index (χ2v) is 19.2. The van der Waals surface area contributed by atoms with Crippen molar-refractivity contribution in [2.24, 2.45) is 5.41 Å². The topological polar surface area (TPSA) is 71.1 Å². The van der Waals surface area contributed by atoms with Crippen molar-refractivity contribution in [1.29, 1.82) is 0 Å². The van der Waals surface area contributed by atoms with Gasteiger partial charge in [0.2, 0.25) is 0 Å². The van der Waals surface area contributed by atoms with Gasteiger partial charge in [-0.05, 0) is 55.3 Å². The van der Waals surface area contributed by atoms with Crippen LogP contribution in [0.2, 0.25) is 0 Å². The van der Waals surface area contributed by atoms with Gasteiger partial charge in [-0.1, -0.05) is 139 Å². The van der Waals surface area contributed by atoms with Crippen LogP contribution in [0.4, 0.5) is 0 Å². The monoisotopic (exact) mass is 672 g/mol. The molecule has 0 bridgehead atoms. The summed E-state index contributed by atoms with van der Waals surface area (Å²) in [7, 11) is -6.93. The predicted octanol–water partition coefficient (Wildman–Crippen LogP) is 10.8. The highest BCUT2D eigenvalue weighted by Crippen LogP contribution is 2.62. The Morgan fingerprint density at radius 2 is 0.851 bits per heavy atom. The molecule has 2 heterocycles. The summed E-state index contributed by atoms with van der Waals surface area (Å²) in [5.74, 6) is 0. The Morgan fingerprint density at radius 1 is 0.511 bits per heavy atom. The zero-order valence-electron chi connectivity index (χ0n) is 28.3. The van der Waals surface area contributed by atoms with Crippen LogP contribution in [0.5, 0.6) is 0 Å². The van der Waals surface area contributed by atoms with E-state index in [9.17, 15) is 9.13 Å². The molecule has 2 saturated heterocycles. The van der Waals surface area contributed by atoms with E-state index in [0.29, 0.717) is 0 Å². The maximum absolute atomic E-state index is 14.0. The summed E-state index contributed by atoms with van der Waals surface area (Å²) in [6.07, 6.45) is 0.341. The van der Waals surface area contributed by atoms with Gasteiger partial charge in [-0.2, -0.15) is 0 Å². The Labute approximate surface area is 279 Å². The van der Waals surface area contributed by atoms with Crippen molar-refractivity contribution in [3.63, 3.8) is 0 Å². The number of rotatable bonds is 6. The fourth-order valence-electron chi connectivity index (χ4n) is 6.82. The standard InChI is InChI=1S/C39H46O6P2/c1-37(2,3)35-31(19-13-21-33(35)29-15-9-7-10-16-29)23-46(40)42-25-39(26-43-46)27-44-47(41,45-28-39)24-32-20-14-22-34(36(32)38(4,5)6)30-17-11-8-12-18-30/h7-22H,23-28H2,1-6H3. The van der Waals surface area contributed by atoms with E-state index < -0.39 is 20.6 Å². The van der Waals surface area contributed by atoms with E-state index in [2.05, 4.69) is 77.9 Å². The molecule has 248 valence electrons. The Balaban J connectivity index is 1.16. The zero-order chi connectivity index (χ0) is 33.5. The van der Waals surface area contributed by atoms with Gasteiger partial charge in [-0.3, -0.25) is 9.13 Å². The molecule has 6 rings (SSSR count). The number of benzene rings is 4. The van der Waals surface area contributed by atoms with Gasteiger partial charge in [0.05, 0.1) is 44.2 Å². The first-order chi connectivity index (χ1) is 22.2. The maximum atomic E-state index is 14.0. The fraction of sp³-hybridized carbons (Fsp3) is 0.385. The molecule has 0 radical (unpaired) electrons. The molecule has 0 aliphatic carbocycles. The molecule has 0 aromatic heterocycles.